The second kappa shape index (κ2) is 7.33. The van der Waals surface area contributed by atoms with Crippen LogP contribution >= 0.6 is 11.6 Å². The second-order valence-electron chi connectivity index (χ2n) is 4.21. The molecule has 0 bridgehead atoms. The molecule has 7 heteroatoms. The highest BCUT2D eigenvalue weighted by molar-refractivity contribution is 6.39. The molecule has 2 N–H and O–H groups in total. The Bertz CT molecular complexity index is 700. The summed E-state index contributed by atoms with van der Waals surface area (Å²) < 4.78 is 12.7. The normalized spacial score (nSPS) is 10.5. The molecule has 0 atom stereocenters. The van der Waals surface area contributed by atoms with Crippen molar-refractivity contribution in [1.82, 2.24) is 5.43 Å². The molecule has 2 rings (SSSR count). The summed E-state index contributed by atoms with van der Waals surface area (Å²) in [7, 11) is 0. The van der Waals surface area contributed by atoms with Gasteiger partial charge < -0.3 is 5.32 Å². The quantitative estimate of drug-likeness (QED) is 0.518. The molecule has 2 aromatic carbocycles. The van der Waals surface area contributed by atoms with Gasteiger partial charge in [0.25, 0.3) is 0 Å². The largest absolute Gasteiger partial charge is 0.329 e. The highest BCUT2D eigenvalue weighted by Gasteiger charge is 2.12. The minimum Gasteiger partial charge on any atom is -0.318 e. The predicted molar refractivity (Wildman–Crippen MR) is 82.2 cm³/mol. The van der Waals surface area contributed by atoms with Crippen molar-refractivity contribution in [2.24, 2.45) is 5.10 Å². The summed E-state index contributed by atoms with van der Waals surface area (Å²) in [6.07, 6.45) is 1.30. The Kier molecular flexibility index (Phi) is 5.21. The molecule has 0 unspecified atom stereocenters. The monoisotopic (exact) mass is 319 g/mol. The molecule has 0 aliphatic carbocycles. The summed E-state index contributed by atoms with van der Waals surface area (Å²) in [5, 5.41) is 6.53. The third kappa shape index (κ3) is 4.68. The number of hydrogen-bond acceptors (Lipinski definition) is 3. The van der Waals surface area contributed by atoms with Crippen LogP contribution in [0.25, 0.3) is 0 Å². The van der Waals surface area contributed by atoms with Crippen LogP contribution in [0.3, 0.4) is 0 Å². The third-order valence-electron chi connectivity index (χ3n) is 2.56. The maximum atomic E-state index is 12.7. The van der Waals surface area contributed by atoms with Crippen molar-refractivity contribution >= 4 is 35.3 Å². The summed E-state index contributed by atoms with van der Waals surface area (Å²) in [6.45, 7) is 0. The van der Waals surface area contributed by atoms with E-state index in [1.807, 2.05) is 0 Å². The fraction of sp³-hybridized carbons (Fsp3) is 0. The minimum absolute atomic E-state index is 0.372. The molecule has 0 saturated carbocycles. The first kappa shape index (κ1) is 15.7. The Balaban J connectivity index is 1.87. The minimum atomic E-state index is -0.923. The molecule has 0 spiro atoms. The maximum Gasteiger partial charge on any atom is 0.329 e. The number of hydrogen-bond donors (Lipinski definition) is 2. The van der Waals surface area contributed by atoms with Crippen LogP contribution in [0.4, 0.5) is 10.1 Å². The Morgan fingerprint density at radius 2 is 1.64 bits per heavy atom. The van der Waals surface area contributed by atoms with Crippen molar-refractivity contribution in [3.63, 3.8) is 0 Å². The van der Waals surface area contributed by atoms with E-state index in [-0.39, 0.29) is 5.82 Å². The van der Waals surface area contributed by atoms with Crippen molar-refractivity contribution in [1.29, 1.82) is 0 Å². The number of carbonyl (C=O) groups is 2. The van der Waals surface area contributed by atoms with Gasteiger partial charge in [0.15, 0.2) is 0 Å². The van der Waals surface area contributed by atoms with E-state index < -0.39 is 11.8 Å². The lowest BCUT2D eigenvalue weighted by Gasteiger charge is -2.03. The number of hydrazone groups is 1. The molecule has 0 radical (unpaired) electrons. The molecule has 22 heavy (non-hydrogen) atoms. The summed E-state index contributed by atoms with van der Waals surface area (Å²) >= 11 is 5.71. The lowest BCUT2D eigenvalue weighted by Crippen LogP contribution is -2.32. The number of halogens is 2. The first-order chi connectivity index (χ1) is 10.5. The third-order valence-corrected chi connectivity index (χ3v) is 2.81. The van der Waals surface area contributed by atoms with Crippen LogP contribution in [0.5, 0.6) is 0 Å². The van der Waals surface area contributed by atoms with Gasteiger partial charge in [-0.1, -0.05) is 23.7 Å². The van der Waals surface area contributed by atoms with Crippen molar-refractivity contribution < 1.29 is 14.0 Å². The maximum absolute atomic E-state index is 12.7. The Hall–Kier alpha value is -2.73. The molecule has 0 aliphatic heterocycles. The van der Waals surface area contributed by atoms with Gasteiger partial charge in [-0.25, -0.2) is 9.82 Å². The van der Waals surface area contributed by atoms with Gasteiger partial charge in [-0.2, -0.15) is 5.10 Å². The second-order valence-corrected chi connectivity index (χ2v) is 4.65. The van der Waals surface area contributed by atoms with E-state index in [0.717, 1.165) is 0 Å². The molecular formula is C15H11ClFN3O2. The number of anilines is 1. The molecule has 2 aromatic rings. The number of nitrogens with zero attached hydrogens (tertiary/aromatic N) is 1. The van der Waals surface area contributed by atoms with Crippen LogP contribution in [-0.2, 0) is 9.59 Å². The zero-order chi connectivity index (χ0) is 15.9. The molecule has 2 amide bonds. The molecule has 0 aromatic heterocycles. The average molecular weight is 320 g/mol. The van der Waals surface area contributed by atoms with Gasteiger partial charge in [0.2, 0.25) is 0 Å². The summed E-state index contributed by atoms with van der Waals surface area (Å²) in [6, 6.07) is 11.8. The highest BCUT2D eigenvalue weighted by Crippen LogP contribution is 2.13. The van der Waals surface area contributed by atoms with E-state index >= 15 is 0 Å². The van der Waals surface area contributed by atoms with E-state index in [4.69, 9.17) is 11.6 Å². The lowest BCUT2D eigenvalue weighted by molar-refractivity contribution is -0.136. The lowest BCUT2D eigenvalue weighted by atomic mass is 10.2. The van der Waals surface area contributed by atoms with Gasteiger partial charge in [-0.3, -0.25) is 9.59 Å². The molecular weight excluding hydrogens is 309 g/mol. The summed E-state index contributed by atoms with van der Waals surface area (Å²) in [5.41, 5.74) is 3.10. The van der Waals surface area contributed by atoms with Crippen LogP contribution in [-0.4, -0.2) is 18.0 Å². The number of carbonyl (C=O) groups excluding carboxylic acids is 2. The van der Waals surface area contributed by atoms with E-state index in [0.29, 0.717) is 16.3 Å². The summed E-state index contributed by atoms with van der Waals surface area (Å²) in [4.78, 5) is 23.1. The van der Waals surface area contributed by atoms with E-state index in [9.17, 15) is 14.0 Å². The molecule has 5 nitrogen and oxygen atoms in total. The highest BCUT2D eigenvalue weighted by atomic mass is 35.5. The van der Waals surface area contributed by atoms with Gasteiger partial charge >= 0.3 is 11.8 Å². The Morgan fingerprint density at radius 3 is 2.27 bits per heavy atom. The SMILES string of the molecule is O=C(NN=Cc1ccc(F)cc1)C(=O)Nc1ccc(Cl)cc1. The van der Waals surface area contributed by atoms with Gasteiger partial charge in [0, 0.05) is 10.7 Å². The van der Waals surface area contributed by atoms with E-state index in [2.05, 4.69) is 15.8 Å². The van der Waals surface area contributed by atoms with Gasteiger partial charge in [-0.05, 0) is 42.0 Å². The van der Waals surface area contributed by atoms with E-state index in [1.165, 1.54) is 30.5 Å². The smallest absolute Gasteiger partial charge is 0.318 e. The van der Waals surface area contributed by atoms with Crippen LogP contribution in [0.15, 0.2) is 53.6 Å². The average Bonchev–Trinajstić information content (AvgIpc) is 2.51. The van der Waals surface area contributed by atoms with Gasteiger partial charge in [-0.15, -0.1) is 0 Å². The Morgan fingerprint density at radius 1 is 1.00 bits per heavy atom. The molecule has 112 valence electrons. The number of amides is 2. The molecule has 0 fully saturated rings. The van der Waals surface area contributed by atoms with Gasteiger partial charge in [0.05, 0.1) is 6.21 Å². The van der Waals surface area contributed by atoms with Crippen LogP contribution < -0.4 is 10.7 Å². The van der Waals surface area contributed by atoms with Crippen LogP contribution in [0, 0.1) is 5.82 Å². The topological polar surface area (TPSA) is 70.6 Å². The predicted octanol–water partition coefficient (Wildman–Crippen LogP) is 2.57. The number of nitrogens with one attached hydrogen (secondary N) is 2. The van der Waals surface area contributed by atoms with Gasteiger partial charge in [0.1, 0.15) is 5.82 Å². The van der Waals surface area contributed by atoms with Crippen LogP contribution in [0.2, 0.25) is 5.02 Å². The molecule has 0 heterocycles. The number of benzene rings is 2. The number of rotatable bonds is 3. The zero-order valence-electron chi connectivity index (χ0n) is 11.2. The molecule has 0 aliphatic rings. The van der Waals surface area contributed by atoms with E-state index in [1.54, 1.807) is 24.3 Å². The fourth-order valence-corrected chi connectivity index (χ4v) is 1.61. The molecule has 0 saturated heterocycles. The van der Waals surface area contributed by atoms with Crippen molar-refractivity contribution in [2.75, 3.05) is 5.32 Å². The Labute approximate surface area is 130 Å². The van der Waals surface area contributed by atoms with Crippen molar-refractivity contribution in [3.05, 3.63) is 64.9 Å². The van der Waals surface area contributed by atoms with Crippen LogP contribution in [0.1, 0.15) is 5.56 Å². The van der Waals surface area contributed by atoms with Crippen molar-refractivity contribution in [2.45, 2.75) is 0 Å². The first-order valence-corrected chi connectivity index (χ1v) is 6.58. The zero-order valence-corrected chi connectivity index (χ0v) is 12.0. The van der Waals surface area contributed by atoms with Crippen molar-refractivity contribution in [3.8, 4) is 0 Å². The fourth-order valence-electron chi connectivity index (χ4n) is 1.49. The standard InChI is InChI=1S/C15H11ClFN3O2/c16-11-3-7-13(8-4-11)19-14(21)15(22)20-18-9-10-1-5-12(17)6-2-10/h1-9H,(H,19,21)(H,20,22). The summed E-state index contributed by atoms with van der Waals surface area (Å²) in [5.74, 6) is -2.16. The first-order valence-electron chi connectivity index (χ1n) is 6.20.